The maximum Gasteiger partial charge on any atom is 0.242 e. The fourth-order valence-electron chi connectivity index (χ4n) is 2.74. The van der Waals surface area contributed by atoms with Crippen molar-refractivity contribution < 1.29 is 14.0 Å². The number of nitrogens with one attached hydrogen (secondary N) is 1. The zero-order valence-corrected chi connectivity index (χ0v) is 16.7. The van der Waals surface area contributed by atoms with E-state index >= 15 is 0 Å². The third kappa shape index (κ3) is 6.10. The molecule has 0 aliphatic carbocycles. The van der Waals surface area contributed by atoms with Crippen LogP contribution in [-0.2, 0) is 16.1 Å². The summed E-state index contributed by atoms with van der Waals surface area (Å²) >= 11 is 1.44. The number of likely N-dealkylation sites (N-methyl/N-ethyl adjacent to an activating group) is 1. The van der Waals surface area contributed by atoms with Crippen LogP contribution in [0.4, 0.5) is 4.39 Å². The van der Waals surface area contributed by atoms with Crippen LogP contribution in [0.25, 0.3) is 0 Å². The maximum absolute atomic E-state index is 13.2. The maximum atomic E-state index is 13.2. The molecule has 0 fully saturated rings. The van der Waals surface area contributed by atoms with Crippen molar-refractivity contribution in [3.63, 3.8) is 0 Å². The molecule has 0 aliphatic rings. The minimum atomic E-state index is -0.564. The molecule has 0 bridgehead atoms. The van der Waals surface area contributed by atoms with Gasteiger partial charge in [-0.05, 0) is 43.2 Å². The first kappa shape index (κ1) is 21.0. The summed E-state index contributed by atoms with van der Waals surface area (Å²) < 4.78 is 13.2. The monoisotopic (exact) mass is 388 g/mol. The summed E-state index contributed by atoms with van der Waals surface area (Å²) in [5, 5.41) is 2.63. The molecule has 2 rings (SSSR count). The Bertz CT molecular complexity index is 763. The summed E-state index contributed by atoms with van der Waals surface area (Å²) in [6.07, 6.45) is 0.502. The Hall–Kier alpha value is -2.34. The molecule has 0 aliphatic heterocycles. The molecule has 144 valence electrons. The van der Waals surface area contributed by atoms with Crippen molar-refractivity contribution in [1.82, 2.24) is 10.2 Å². The van der Waals surface area contributed by atoms with E-state index in [2.05, 4.69) is 5.32 Å². The van der Waals surface area contributed by atoms with Crippen molar-refractivity contribution in [3.8, 4) is 0 Å². The van der Waals surface area contributed by atoms with E-state index in [9.17, 15) is 14.0 Å². The molecule has 1 N–H and O–H groups in total. The standard InChI is InChI=1S/C21H25FN2O2S/c1-4-19(21(26)23-3)24(13-16-7-9-17(22)10-8-16)20(25)14-27-18-11-5-15(2)6-12-18/h5-12,19H,4,13-14H2,1-3H3,(H,23,26). The molecule has 4 nitrogen and oxygen atoms in total. The van der Waals surface area contributed by atoms with Crippen LogP contribution >= 0.6 is 11.8 Å². The zero-order valence-electron chi connectivity index (χ0n) is 15.9. The lowest BCUT2D eigenvalue weighted by atomic mass is 10.1. The molecular weight excluding hydrogens is 363 g/mol. The number of rotatable bonds is 8. The summed E-state index contributed by atoms with van der Waals surface area (Å²) in [7, 11) is 1.56. The molecule has 0 radical (unpaired) electrons. The van der Waals surface area contributed by atoms with Crippen LogP contribution in [0, 0.1) is 12.7 Å². The molecule has 6 heteroatoms. The first-order valence-corrected chi connectivity index (χ1v) is 9.88. The van der Waals surface area contributed by atoms with Gasteiger partial charge in [-0.1, -0.05) is 36.8 Å². The molecule has 0 saturated carbocycles. The second kappa shape index (κ2) is 10.1. The average molecular weight is 389 g/mol. The average Bonchev–Trinajstić information content (AvgIpc) is 2.68. The van der Waals surface area contributed by atoms with E-state index in [1.807, 2.05) is 38.1 Å². The first-order valence-electron chi connectivity index (χ1n) is 8.89. The number of carbonyl (C=O) groups excluding carboxylic acids is 2. The molecule has 0 spiro atoms. The lowest BCUT2D eigenvalue weighted by Gasteiger charge is -2.30. The van der Waals surface area contributed by atoms with Gasteiger partial charge in [-0.25, -0.2) is 4.39 Å². The van der Waals surface area contributed by atoms with Crippen molar-refractivity contribution >= 4 is 23.6 Å². The van der Waals surface area contributed by atoms with Crippen molar-refractivity contribution in [2.75, 3.05) is 12.8 Å². The van der Waals surface area contributed by atoms with Gasteiger partial charge in [-0.3, -0.25) is 9.59 Å². The molecule has 2 amide bonds. The number of benzene rings is 2. The largest absolute Gasteiger partial charge is 0.357 e. The van der Waals surface area contributed by atoms with Gasteiger partial charge in [0.15, 0.2) is 0 Å². The topological polar surface area (TPSA) is 49.4 Å². The minimum absolute atomic E-state index is 0.125. The lowest BCUT2D eigenvalue weighted by molar-refractivity contribution is -0.139. The molecule has 27 heavy (non-hydrogen) atoms. The number of nitrogens with zero attached hydrogens (tertiary/aromatic N) is 1. The molecule has 0 saturated heterocycles. The van der Waals surface area contributed by atoms with Crippen LogP contribution in [0.15, 0.2) is 53.4 Å². The summed E-state index contributed by atoms with van der Waals surface area (Å²) in [4.78, 5) is 27.8. The first-order chi connectivity index (χ1) is 12.9. The second-order valence-electron chi connectivity index (χ2n) is 6.29. The fraction of sp³-hybridized carbons (Fsp3) is 0.333. The number of hydrogen-bond acceptors (Lipinski definition) is 3. The highest BCUT2D eigenvalue weighted by Gasteiger charge is 2.27. The Morgan fingerprint density at radius 3 is 2.30 bits per heavy atom. The normalized spacial score (nSPS) is 11.7. The predicted molar refractivity (Wildman–Crippen MR) is 107 cm³/mol. The smallest absolute Gasteiger partial charge is 0.242 e. The van der Waals surface area contributed by atoms with Crippen molar-refractivity contribution in [2.24, 2.45) is 0 Å². The minimum Gasteiger partial charge on any atom is -0.357 e. The number of aryl methyl sites for hydroxylation is 1. The van der Waals surface area contributed by atoms with Gasteiger partial charge in [0.1, 0.15) is 11.9 Å². The summed E-state index contributed by atoms with van der Waals surface area (Å²) in [5.74, 6) is -0.420. The third-order valence-electron chi connectivity index (χ3n) is 4.28. The summed E-state index contributed by atoms with van der Waals surface area (Å²) in [6.45, 7) is 4.15. The number of carbonyl (C=O) groups is 2. The SMILES string of the molecule is CCC(C(=O)NC)N(Cc1ccc(F)cc1)C(=O)CSc1ccc(C)cc1. The number of thioether (sulfide) groups is 1. The number of amides is 2. The summed E-state index contributed by atoms with van der Waals surface area (Å²) in [6, 6.07) is 13.4. The van der Waals surface area contributed by atoms with E-state index in [4.69, 9.17) is 0 Å². The van der Waals surface area contributed by atoms with Gasteiger partial charge in [0.25, 0.3) is 0 Å². The van der Waals surface area contributed by atoms with Crippen LogP contribution in [0.1, 0.15) is 24.5 Å². The van der Waals surface area contributed by atoms with Gasteiger partial charge in [0.2, 0.25) is 11.8 Å². The van der Waals surface area contributed by atoms with Gasteiger partial charge in [0.05, 0.1) is 5.75 Å². The Morgan fingerprint density at radius 2 is 1.74 bits per heavy atom. The van der Waals surface area contributed by atoms with Crippen LogP contribution in [0.5, 0.6) is 0 Å². The summed E-state index contributed by atoms with van der Waals surface area (Å²) in [5.41, 5.74) is 1.95. The van der Waals surface area contributed by atoms with E-state index in [0.717, 1.165) is 16.0 Å². The van der Waals surface area contributed by atoms with Crippen molar-refractivity contribution in [1.29, 1.82) is 0 Å². The fourth-order valence-corrected chi connectivity index (χ4v) is 3.52. The number of halogens is 1. The van der Waals surface area contributed by atoms with Crippen molar-refractivity contribution in [3.05, 3.63) is 65.5 Å². The molecular formula is C21H25FN2O2S. The lowest BCUT2D eigenvalue weighted by Crippen LogP contribution is -2.48. The van der Waals surface area contributed by atoms with E-state index < -0.39 is 6.04 Å². The highest BCUT2D eigenvalue weighted by molar-refractivity contribution is 8.00. The third-order valence-corrected chi connectivity index (χ3v) is 5.28. The molecule has 2 aromatic carbocycles. The Morgan fingerprint density at radius 1 is 1.11 bits per heavy atom. The molecule has 1 atom stereocenters. The second-order valence-corrected chi connectivity index (χ2v) is 7.34. The van der Waals surface area contributed by atoms with Crippen molar-refractivity contribution in [2.45, 2.75) is 37.8 Å². The van der Waals surface area contributed by atoms with Crippen LogP contribution < -0.4 is 5.32 Å². The van der Waals surface area contributed by atoms with E-state index in [1.54, 1.807) is 24.1 Å². The van der Waals surface area contributed by atoms with Crippen LogP contribution in [-0.4, -0.2) is 35.6 Å². The Balaban J connectivity index is 2.15. The highest BCUT2D eigenvalue weighted by atomic mass is 32.2. The van der Waals surface area contributed by atoms with Crippen LogP contribution in [0.2, 0.25) is 0 Å². The van der Waals surface area contributed by atoms with Gasteiger partial charge in [0, 0.05) is 18.5 Å². The van der Waals surface area contributed by atoms with E-state index in [1.165, 1.54) is 23.9 Å². The Labute approximate surface area is 164 Å². The predicted octanol–water partition coefficient (Wildman–Crippen LogP) is 3.78. The van der Waals surface area contributed by atoms with Gasteiger partial charge in [-0.2, -0.15) is 0 Å². The quantitative estimate of drug-likeness (QED) is 0.700. The van der Waals surface area contributed by atoms with Gasteiger partial charge < -0.3 is 10.2 Å². The van der Waals surface area contributed by atoms with E-state index in [0.29, 0.717) is 6.42 Å². The van der Waals surface area contributed by atoms with Gasteiger partial charge >= 0.3 is 0 Å². The highest BCUT2D eigenvalue weighted by Crippen LogP contribution is 2.21. The van der Waals surface area contributed by atoms with Crippen LogP contribution in [0.3, 0.4) is 0 Å². The van der Waals surface area contributed by atoms with Gasteiger partial charge in [-0.15, -0.1) is 11.8 Å². The number of hydrogen-bond donors (Lipinski definition) is 1. The zero-order chi connectivity index (χ0) is 19.8. The van der Waals surface area contributed by atoms with E-state index in [-0.39, 0.29) is 29.9 Å². The molecule has 0 aromatic heterocycles. The molecule has 1 unspecified atom stereocenters. The molecule has 2 aromatic rings. The Kier molecular flexibility index (Phi) is 7.85. The molecule has 0 heterocycles.